The van der Waals surface area contributed by atoms with Crippen LogP contribution < -0.4 is 15.4 Å². The molecule has 1 heterocycles. The molecule has 1 aliphatic rings. The molecular formula is C26H22ClN3O5. The summed E-state index contributed by atoms with van der Waals surface area (Å²) in [5, 5.41) is 5.60. The lowest BCUT2D eigenvalue weighted by Crippen LogP contribution is -2.33. The summed E-state index contributed by atoms with van der Waals surface area (Å²) in [5.74, 6) is -1.49. The molecule has 0 saturated carbocycles. The molecule has 0 spiro atoms. The molecule has 3 aromatic rings. The van der Waals surface area contributed by atoms with Gasteiger partial charge < -0.3 is 15.4 Å². The number of amides is 4. The summed E-state index contributed by atoms with van der Waals surface area (Å²) in [6, 6.07) is 16.6. The van der Waals surface area contributed by atoms with Crippen molar-refractivity contribution in [1.29, 1.82) is 0 Å². The third kappa shape index (κ3) is 5.02. The minimum atomic E-state index is -0.545. The summed E-state index contributed by atoms with van der Waals surface area (Å²) in [4.78, 5) is 51.6. The fourth-order valence-electron chi connectivity index (χ4n) is 3.77. The van der Waals surface area contributed by atoms with Crippen LogP contribution in [0.25, 0.3) is 0 Å². The molecule has 8 nitrogen and oxygen atoms in total. The molecule has 178 valence electrons. The maximum atomic E-state index is 12.8. The van der Waals surface area contributed by atoms with Crippen molar-refractivity contribution in [3.05, 3.63) is 93.5 Å². The molecule has 4 rings (SSSR count). The average molecular weight is 492 g/mol. The topological polar surface area (TPSA) is 105 Å². The van der Waals surface area contributed by atoms with Crippen LogP contribution >= 0.6 is 11.6 Å². The molecule has 9 heteroatoms. The van der Waals surface area contributed by atoms with Crippen molar-refractivity contribution in [2.24, 2.45) is 0 Å². The number of anilines is 1. The van der Waals surface area contributed by atoms with Gasteiger partial charge in [-0.2, -0.15) is 0 Å². The van der Waals surface area contributed by atoms with Gasteiger partial charge in [0.1, 0.15) is 5.75 Å². The van der Waals surface area contributed by atoms with E-state index < -0.39 is 11.8 Å². The number of methoxy groups -OCH3 is 1. The van der Waals surface area contributed by atoms with E-state index in [1.807, 2.05) is 13.0 Å². The standard InChI is InChI=1S/C26H22ClN3O5/c1-15-7-9-21(20(27)11-15)29-23(31)13-28-24(32)19-12-16(8-10-22(19)35-2)14-30-25(33)17-5-3-4-6-18(17)26(30)34/h3-12H,13-14H2,1-2H3,(H,28,32)(H,29,31). The number of benzene rings is 3. The van der Waals surface area contributed by atoms with Crippen LogP contribution in [0.2, 0.25) is 5.02 Å². The zero-order valence-electron chi connectivity index (χ0n) is 19.1. The number of aryl methyl sites for hydroxylation is 1. The zero-order chi connectivity index (χ0) is 25.1. The molecule has 0 aliphatic carbocycles. The van der Waals surface area contributed by atoms with Gasteiger partial charge in [-0.25, -0.2) is 0 Å². The molecule has 0 atom stereocenters. The highest BCUT2D eigenvalue weighted by atomic mass is 35.5. The van der Waals surface area contributed by atoms with Gasteiger partial charge in [0.05, 0.1) is 47.6 Å². The molecule has 0 fully saturated rings. The SMILES string of the molecule is COc1ccc(CN2C(=O)c3ccccc3C2=O)cc1C(=O)NCC(=O)Nc1ccc(C)cc1Cl. The van der Waals surface area contributed by atoms with Crippen molar-refractivity contribution in [3.63, 3.8) is 0 Å². The first-order valence-corrected chi connectivity index (χ1v) is 11.1. The lowest BCUT2D eigenvalue weighted by molar-refractivity contribution is -0.115. The molecule has 0 bridgehead atoms. The largest absolute Gasteiger partial charge is 0.496 e. The predicted molar refractivity (Wildman–Crippen MR) is 131 cm³/mol. The molecule has 2 N–H and O–H groups in total. The molecule has 35 heavy (non-hydrogen) atoms. The zero-order valence-corrected chi connectivity index (χ0v) is 19.8. The number of imide groups is 1. The molecule has 0 saturated heterocycles. The van der Waals surface area contributed by atoms with Gasteiger partial charge >= 0.3 is 0 Å². The highest BCUT2D eigenvalue weighted by molar-refractivity contribution is 6.33. The summed E-state index contributed by atoms with van der Waals surface area (Å²) < 4.78 is 5.29. The van der Waals surface area contributed by atoms with E-state index in [0.717, 1.165) is 10.5 Å². The Balaban J connectivity index is 1.45. The first kappa shape index (κ1) is 24.0. The van der Waals surface area contributed by atoms with Gasteiger partial charge in [-0.3, -0.25) is 24.1 Å². The third-order valence-corrected chi connectivity index (χ3v) is 5.85. The summed E-state index contributed by atoms with van der Waals surface area (Å²) in [6.45, 7) is 1.57. The highest BCUT2D eigenvalue weighted by Gasteiger charge is 2.35. The lowest BCUT2D eigenvalue weighted by Gasteiger charge is -2.16. The van der Waals surface area contributed by atoms with Crippen LogP contribution in [-0.4, -0.2) is 42.2 Å². The van der Waals surface area contributed by atoms with Gasteiger partial charge in [-0.15, -0.1) is 0 Å². The number of carbonyl (C=O) groups is 4. The molecule has 4 amide bonds. The number of hydrogen-bond acceptors (Lipinski definition) is 5. The van der Waals surface area contributed by atoms with Gasteiger partial charge in [0, 0.05) is 0 Å². The highest BCUT2D eigenvalue weighted by Crippen LogP contribution is 2.26. The average Bonchev–Trinajstić information content (AvgIpc) is 3.09. The monoisotopic (exact) mass is 491 g/mol. The minimum absolute atomic E-state index is 0.0109. The number of nitrogens with zero attached hydrogens (tertiary/aromatic N) is 1. The smallest absolute Gasteiger partial charge is 0.261 e. The Hall–Kier alpha value is -4.17. The number of halogens is 1. The summed E-state index contributed by atoms with van der Waals surface area (Å²) in [5.41, 5.74) is 2.82. The Kier molecular flexibility index (Phi) is 6.84. The Morgan fingerprint density at radius 3 is 2.29 bits per heavy atom. The Morgan fingerprint density at radius 2 is 1.66 bits per heavy atom. The van der Waals surface area contributed by atoms with E-state index in [9.17, 15) is 19.2 Å². The van der Waals surface area contributed by atoms with Crippen molar-refractivity contribution < 1.29 is 23.9 Å². The number of fused-ring (bicyclic) bond motifs is 1. The van der Waals surface area contributed by atoms with Crippen LogP contribution in [0.1, 0.15) is 42.2 Å². The van der Waals surface area contributed by atoms with Crippen molar-refractivity contribution >= 4 is 40.9 Å². The van der Waals surface area contributed by atoms with Crippen molar-refractivity contribution in [2.45, 2.75) is 13.5 Å². The molecule has 1 aliphatic heterocycles. The normalized spacial score (nSPS) is 12.4. The quantitative estimate of drug-likeness (QED) is 0.489. The lowest BCUT2D eigenvalue weighted by atomic mass is 10.1. The Labute approximate surface area is 206 Å². The van der Waals surface area contributed by atoms with Gasteiger partial charge in [-0.1, -0.05) is 35.9 Å². The van der Waals surface area contributed by atoms with Gasteiger partial charge in [0.25, 0.3) is 17.7 Å². The molecule has 0 radical (unpaired) electrons. The fraction of sp³-hybridized carbons (Fsp3) is 0.154. The second-order valence-corrected chi connectivity index (χ2v) is 8.40. The van der Waals surface area contributed by atoms with Crippen LogP contribution in [0.3, 0.4) is 0 Å². The number of hydrogen-bond donors (Lipinski definition) is 2. The second kappa shape index (κ2) is 9.99. The van der Waals surface area contributed by atoms with Gasteiger partial charge in [-0.05, 0) is 54.4 Å². The first-order valence-electron chi connectivity index (χ1n) is 10.7. The van der Waals surface area contributed by atoms with Crippen LogP contribution in [0, 0.1) is 6.92 Å². The first-order chi connectivity index (χ1) is 16.8. The number of rotatable bonds is 7. The van der Waals surface area contributed by atoms with E-state index in [2.05, 4.69) is 10.6 Å². The van der Waals surface area contributed by atoms with E-state index in [1.165, 1.54) is 13.2 Å². The Morgan fingerprint density at radius 1 is 0.971 bits per heavy atom. The van der Waals surface area contributed by atoms with E-state index in [-0.39, 0.29) is 36.2 Å². The summed E-state index contributed by atoms with van der Waals surface area (Å²) >= 11 is 6.14. The molecular weight excluding hydrogens is 470 g/mol. The van der Waals surface area contributed by atoms with E-state index in [4.69, 9.17) is 16.3 Å². The van der Waals surface area contributed by atoms with E-state index in [1.54, 1.807) is 48.5 Å². The number of nitrogens with one attached hydrogen (secondary N) is 2. The van der Waals surface area contributed by atoms with Crippen LogP contribution in [0.5, 0.6) is 5.75 Å². The van der Waals surface area contributed by atoms with E-state index >= 15 is 0 Å². The maximum Gasteiger partial charge on any atom is 0.261 e. The molecule has 0 aromatic heterocycles. The van der Waals surface area contributed by atoms with E-state index in [0.29, 0.717) is 27.4 Å². The van der Waals surface area contributed by atoms with Crippen molar-refractivity contribution in [2.75, 3.05) is 19.0 Å². The fourth-order valence-corrected chi connectivity index (χ4v) is 4.05. The predicted octanol–water partition coefficient (Wildman–Crippen LogP) is 3.82. The van der Waals surface area contributed by atoms with Crippen molar-refractivity contribution in [3.8, 4) is 5.75 Å². The maximum absolute atomic E-state index is 12.8. The van der Waals surface area contributed by atoms with Gasteiger partial charge in [0.15, 0.2) is 0 Å². The minimum Gasteiger partial charge on any atom is -0.496 e. The Bertz CT molecular complexity index is 1320. The summed E-state index contributed by atoms with van der Waals surface area (Å²) in [6.07, 6.45) is 0. The van der Waals surface area contributed by atoms with Gasteiger partial charge in [0.2, 0.25) is 5.91 Å². The van der Waals surface area contributed by atoms with Crippen LogP contribution in [0.15, 0.2) is 60.7 Å². The van der Waals surface area contributed by atoms with Crippen molar-refractivity contribution in [1.82, 2.24) is 10.2 Å². The summed E-state index contributed by atoms with van der Waals surface area (Å²) in [7, 11) is 1.42. The number of carbonyl (C=O) groups excluding carboxylic acids is 4. The van der Waals surface area contributed by atoms with Crippen LogP contribution in [-0.2, 0) is 11.3 Å². The molecule has 3 aromatic carbocycles. The van der Waals surface area contributed by atoms with Crippen LogP contribution in [0.4, 0.5) is 5.69 Å². The molecule has 0 unspecified atom stereocenters. The number of ether oxygens (including phenoxy) is 1. The third-order valence-electron chi connectivity index (χ3n) is 5.54. The second-order valence-electron chi connectivity index (χ2n) is 7.99.